The molecule has 0 atom stereocenters. The predicted octanol–water partition coefficient (Wildman–Crippen LogP) is 6.59. The molecule has 198 valence electrons. The first kappa shape index (κ1) is 24.6. The van der Waals surface area contributed by atoms with Crippen molar-refractivity contribution in [2.24, 2.45) is 17.3 Å². The molecule has 1 saturated heterocycles. The summed E-state index contributed by atoms with van der Waals surface area (Å²) in [5, 5.41) is 15.3. The van der Waals surface area contributed by atoms with Gasteiger partial charge < -0.3 is 9.84 Å². The molecular formula is C32H29ClN2O4. The Morgan fingerprint density at radius 1 is 0.949 bits per heavy atom. The third-order valence-corrected chi connectivity index (χ3v) is 9.55. The van der Waals surface area contributed by atoms with Crippen LogP contribution in [-0.4, -0.2) is 39.9 Å². The number of ketones is 1. The summed E-state index contributed by atoms with van der Waals surface area (Å²) in [5.41, 5.74) is 4.39. The Bertz CT molecular complexity index is 1580. The van der Waals surface area contributed by atoms with Crippen LogP contribution in [0.25, 0.3) is 22.0 Å². The summed E-state index contributed by atoms with van der Waals surface area (Å²) in [6.07, 6.45) is 5.57. The van der Waals surface area contributed by atoms with E-state index in [4.69, 9.17) is 21.4 Å². The summed E-state index contributed by atoms with van der Waals surface area (Å²) in [4.78, 5) is 24.9. The molecule has 0 amide bonds. The zero-order valence-electron chi connectivity index (χ0n) is 21.5. The van der Waals surface area contributed by atoms with Crippen molar-refractivity contribution in [3.05, 3.63) is 89.1 Å². The average molecular weight is 541 g/mol. The molecule has 1 aromatic heterocycles. The Morgan fingerprint density at radius 3 is 2.28 bits per heavy atom. The van der Waals surface area contributed by atoms with Crippen LogP contribution in [0.15, 0.2) is 72.9 Å². The number of hydrogen-bond acceptors (Lipinski definition) is 4. The van der Waals surface area contributed by atoms with Gasteiger partial charge in [0.15, 0.2) is 5.78 Å². The molecule has 2 saturated carbocycles. The lowest BCUT2D eigenvalue weighted by Crippen LogP contribution is -2.53. The number of nitrogens with zero attached hydrogens (tertiary/aromatic N) is 2. The van der Waals surface area contributed by atoms with Gasteiger partial charge in [0.05, 0.1) is 35.9 Å². The lowest BCUT2D eigenvalue weighted by atomic mass is 9.47. The zero-order chi connectivity index (χ0) is 26.8. The number of aromatic nitrogens is 2. The minimum absolute atomic E-state index is 0.0854. The lowest BCUT2D eigenvalue weighted by Gasteiger charge is -2.56. The molecule has 7 heteroatoms. The molecule has 2 aliphatic carbocycles. The van der Waals surface area contributed by atoms with Crippen LogP contribution in [0.3, 0.4) is 0 Å². The van der Waals surface area contributed by atoms with Crippen molar-refractivity contribution in [1.82, 2.24) is 9.78 Å². The van der Waals surface area contributed by atoms with E-state index < -0.39 is 11.5 Å². The fraction of sp³-hybridized carbons (Fsp3) is 0.344. The molecule has 1 aliphatic heterocycles. The number of carbonyl (C=O) groups is 2. The molecule has 0 radical (unpaired) electrons. The van der Waals surface area contributed by atoms with Gasteiger partial charge in [-0.3, -0.25) is 9.59 Å². The van der Waals surface area contributed by atoms with E-state index in [0.29, 0.717) is 36.1 Å². The zero-order valence-corrected chi connectivity index (χ0v) is 22.2. The second kappa shape index (κ2) is 9.04. The Labute approximate surface area is 231 Å². The fourth-order valence-corrected chi connectivity index (χ4v) is 7.34. The second-order valence-corrected chi connectivity index (χ2v) is 12.1. The van der Waals surface area contributed by atoms with Gasteiger partial charge >= 0.3 is 5.97 Å². The number of halogens is 1. The summed E-state index contributed by atoms with van der Waals surface area (Å²) >= 11 is 6.60. The summed E-state index contributed by atoms with van der Waals surface area (Å²) in [6.45, 7) is 0.926. The van der Waals surface area contributed by atoms with Crippen molar-refractivity contribution in [2.45, 2.75) is 37.6 Å². The summed E-state index contributed by atoms with van der Waals surface area (Å²) in [6, 6.07) is 22.4. The first-order chi connectivity index (χ1) is 18.9. The van der Waals surface area contributed by atoms with Gasteiger partial charge in [-0.25, -0.2) is 4.68 Å². The van der Waals surface area contributed by atoms with Gasteiger partial charge in [-0.2, -0.15) is 5.10 Å². The minimum atomic E-state index is -0.694. The summed E-state index contributed by atoms with van der Waals surface area (Å²) in [5.74, 6) is -0.529. The molecule has 0 bridgehead atoms. The number of fused-ring (bicyclic) bond motifs is 1. The molecule has 39 heavy (non-hydrogen) atoms. The van der Waals surface area contributed by atoms with Crippen LogP contribution < -0.4 is 0 Å². The highest BCUT2D eigenvalue weighted by molar-refractivity contribution is 6.36. The normalized spacial score (nSPS) is 25.1. The number of aliphatic carboxylic acids is 1. The second-order valence-electron chi connectivity index (χ2n) is 11.7. The maximum atomic E-state index is 13.7. The van der Waals surface area contributed by atoms with Crippen molar-refractivity contribution in [3.63, 3.8) is 0 Å². The smallest absolute Gasteiger partial charge is 0.306 e. The van der Waals surface area contributed by atoms with E-state index in [9.17, 15) is 14.7 Å². The third kappa shape index (κ3) is 3.92. The van der Waals surface area contributed by atoms with E-state index in [0.717, 1.165) is 53.3 Å². The van der Waals surface area contributed by atoms with Gasteiger partial charge in [-0.1, -0.05) is 66.2 Å². The number of benzene rings is 3. The molecule has 3 aromatic carbocycles. The van der Waals surface area contributed by atoms with Gasteiger partial charge in [-0.05, 0) is 65.8 Å². The highest BCUT2D eigenvalue weighted by Crippen LogP contribution is 2.62. The quantitative estimate of drug-likeness (QED) is 0.267. The van der Waals surface area contributed by atoms with Crippen molar-refractivity contribution in [3.8, 4) is 11.1 Å². The van der Waals surface area contributed by atoms with E-state index in [1.807, 2.05) is 28.9 Å². The standard InChI is InChI=1S/C32H29ClN2O4/c33-27-11-10-25(28(36)12-20-13-31(14-20)15-23(16-31)30(37)38)29-26(27)17-34-35(29)32(18-39-19-32)24-8-6-22(7-9-24)21-4-2-1-3-5-21/h1-11,17,20,23H,12-16,18-19H2,(H,37,38). The number of carbonyl (C=O) groups excluding carboxylic acids is 1. The average Bonchev–Trinajstić information content (AvgIpc) is 3.31. The molecule has 0 unspecified atom stereocenters. The first-order valence-electron chi connectivity index (χ1n) is 13.5. The van der Waals surface area contributed by atoms with Crippen LogP contribution in [-0.2, 0) is 15.1 Å². The van der Waals surface area contributed by atoms with E-state index >= 15 is 0 Å². The molecule has 3 aliphatic rings. The maximum Gasteiger partial charge on any atom is 0.306 e. The molecular weight excluding hydrogens is 512 g/mol. The molecule has 3 fully saturated rings. The number of carboxylic acids is 1. The van der Waals surface area contributed by atoms with Gasteiger partial charge in [0.25, 0.3) is 0 Å². The molecule has 1 N–H and O–H groups in total. The lowest BCUT2D eigenvalue weighted by molar-refractivity contribution is -0.157. The van der Waals surface area contributed by atoms with Gasteiger partial charge in [0, 0.05) is 17.4 Å². The van der Waals surface area contributed by atoms with Gasteiger partial charge in [0.1, 0.15) is 5.54 Å². The Balaban J connectivity index is 1.18. The summed E-state index contributed by atoms with van der Waals surface area (Å²) in [7, 11) is 0. The van der Waals surface area contributed by atoms with E-state index in [1.54, 1.807) is 12.3 Å². The molecule has 1 spiro atoms. The number of Topliss-reactive ketones (excluding diaryl/α,β-unsaturated/α-hetero) is 1. The molecule has 4 aromatic rings. The molecule has 2 heterocycles. The van der Waals surface area contributed by atoms with Crippen LogP contribution in [0.2, 0.25) is 5.02 Å². The van der Waals surface area contributed by atoms with Crippen LogP contribution >= 0.6 is 11.6 Å². The van der Waals surface area contributed by atoms with Crippen LogP contribution in [0.4, 0.5) is 0 Å². The van der Waals surface area contributed by atoms with E-state index in [1.165, 1.54) is 0 Å². The first-order valence-corrected chi connectivity index (χ1v) is 13.9. The van der Waals surface area contributed by atoms with E-state index in [2.05, 4.69) is 36.4 Å². The highest BCUT2D eigenvalue weighted by Gasteiger charge is 2.55. The Morgan fingerprint density at radius 2 is 1.64 bits per heavy atom. The van der Waals surface area contributed by atoms with Crippen molar-refractivity contribution in [2.75, 3.05) is 13.2 Å². The van der Waals surface area contributed by atoms with Crippen molar-refractivity contribution < 1.29 is 19.4 Å². The number of ether oxygens (including phenoxy) is 1. The number of hydrogen-bond donors (Lipinski definition) is 1. The highest BCUT2D eigenvalue weighted by atomic mass is 35.5. The monoisotopic (exact) mass is 540 g/mol. The SMILES string of the molecule is O=C(CC1CC2(C1)CC(C(=O)O)C2)c1ccc(Cl)c2cnn(C3(c4ccc(-c5ccccc5)cc4)COC3)c12. The van der Waals surface area contributed by atoms with Crippen LogP contribution in [0.5, 0.6) is 0 Å². The molecule has 7 rings (SSSR count). The maximum absolute atomic E-state index is 13.7. The van der Waals surface area contributed by atoms with Gasteiger partial charge in [-0.15, -0.1) is 0 Å². The van der Waals surface area contributed by atoms with Crippen molar-refractivity contribution >= 4 is 34.3 Å². The minimum Gasteiger partial charge on any atom is -0.481 e. The fourth-order valence-electron chi connectivity index (χ4n) is 7.14. The van der Waals surface area contributed by atoms with Gasteiger partial charge in [0.2, 0.25) is 0 Å². The Kier molecular flexibility index (Phi) is 5.69. The van der Waals surface area contributed by atoms with E-state index in [-0.39, 0.29) is 17.1 Å². The Hall–Kier alpha value is -3.48. The van der Waals surface area contributed by atoms with Crippen LogP contribution in [0.1, 0.15) is 48.0 Å². The van der Waals surface area contributed by atoms with Crippen LogP contribution in [0, 0.1) is 17.3 Å². The van der Waals surface area contributed by atoms with Crippen molar-refractivity contribution in [1.29, 1.82) is 0 Å². The topological polar surface area (TPSA) is 81.4 Å². The number of rotatable bonds is 7. The molecule has 6 nitrogen and oxygen atoms in total. The largest absolute Gasteiger partial charge is 0.481 e. The summed E-state index contributed by atoms with van der Waals surface area (Å²) < 4.78 is 7.70. The number of carboxylic acid groups (broad SMARTS) is 1. The third-order valence-electron chi connectivity index (χ3n) is 9.22. The predicted molar refractivity (Wildman–Crippen MR) is 149 cm³/mol.